The molecule has 1 unspecified atom stereocenters. The second-order valence-electron chi connectivity index (χ2n) is 6.59. The maximum atomic E-state index is 13.0. The van der Waals surface area contributed by atoms with Gasteiger partial charge in [-0.05, 0) is 61.4 Å². The lowest BCUT2D eigenvalue weighted by atomic mass is 9.92. The Morgan fingerprint density at radius 2 is 1.96 bits per heavy atom. The SMILES string of the molecule is O=S(=O)(c1ccc2c(c1)CCCC2)N1CCC(Oc2cccnn2)C1. The van der Waals surface area contributed by atoms with Crippen molar-refractivity contribution < 1.29 is 13.2 Å². The fourth-order valence-corrected chi connectivity index (χ4v) is 5.09. The van der Waals surface area contributed by atoms with Crippen LogP contribution in [-0.4, -0.2) is 42.1 Å². The summed E-state index contributed by atoms with van der Waals surface area (Å²) in [6.45, 7) is 0.806. The van der Waals surface area contributed by atoms with E-state index in [0.29, 0.717) is 30.3 Å². The Kier molecular flexibility index (Phi) is 4.43. The van der Waals surface area contributed by atoms with E-state index in [9.17, 15) is 8.42 Å². The summed E-state index contributed by atoms with van der Waals surface area (Å²) in [6, 6.07) is 9.06. The minimum absolute atomic E-state index is 0.191. The van der Waals surface area contributed by atoms with Gasteiger partial charge >= 0.3 is 0 Å². The van der Waals surface area contributed by atoms with Crippen LogP contribution >= 0.6 is 0 Å². The molecule has 2 aliphatic rings. The highest BCUT2D eigenvalue weighted by atomic mass is 32.2. The van der Waals surface area contributed by atoms with Crippen LogP contribution in [0.5, 0.6) is 5.88 Å². The Bertz CT molecular complexity index is 855. The zero-order chi connectivity index (χ0) is 17.3. The van der Waals surface area contributed by atoms with Gasteiger partial charge in [0.25, 0.3) is 0 Å². The number of aryl methyl sites for hydroxylation is 2. The number of hydrogen-bond acceptors (Lipinski definition) is 5. The molecule has 0 amide bonds. The highest BCUT2D eigenvalue weighted by molar-refractivity contribution is 7.89. The lowest BCUT2D eigenvalue weighted by molar-refractivity contribution is 0.204. The topological polar surface area (TPSA) is 72.4 Å². The van der Waals surface area contributed by atoms with E-state index in [2.05, 4.69) is 10.2 Å². The van der Waals surface area contributed by atoms with E-state index in [4.69, 9.17) is 4.74 Å². The standard InChI is InChI=1S/C18H21N3O3S/c22-25(23,17-8-7-14-4-1-2-5-15(14)12-17)21-11-9-16(13-21)24-18-6-3-10-19-20-18/h3,6-8,10,12,16H,1-2,4-5,9,11,13H2. The fraction of sp³-hybridized carbons (Fsp3) is 0.444. The molecule has 0 N–H and O–H groups in total. The van der Waals surface area contributed by atoms with Crippen LogP contribution in [0.25, 0.3) is 0 Å². The van der Waals surface area contributed by atoms with E-state index in [0.717, 1.165) is 19.3 Å². The molecule has 1 aliphatic carbocycles. The van der Waals surface area contributed by atoms with Crippen molar-refractivity contribution in [3.8, 4) is 5.88 Å². The third-order valence-electron chi connectivity index (χ3n) is 4.90. The summed E-state index contributed by atoms with van der Waals surface area (Å²) in [5, 5.41) is 7.67. The molecule has 132 valence electrons. The third-order valence-corrected chi connectivity index (χ3v) is 6.76. The molecule has 1 saturated heterocycles. The fourth-order valence-electron chi connectivity index (χ4n) is 3.55. The van der Waals surface area contributed by atoms with E-state index < -0.39 is 10.0 Å². The summed E-state index contributed by atoms with van der Waals surface area (Å²) in [5.74, 6) is 0.431. The minimum Gasteiger partial charge on any atom is -0.472 e. The molecule has 25 heavy (non-hydrogen) atoms. The average Bonchev–Trinajstić information content (AvgIpc) is 3.11. The molecule has 0 saturated carbocycles. The van der Waals surface area contributed by atoms with Gasteiger partial charge in [0, 0.05) is 18.8 Å². The first-order valence-electron chi connectivity index (χ1n) is 8.69. The molecule has 7 heteroatoms. The molecule has 0 radical (unpaired) electrons. The largest absolute Gasteiger partial charge is 0.472 e. The van der Waals surface area contributed by atoms with Gasteiger partial charge in [-0.2, -0.15) is 9.40 Å². The normalized spacial score (nSPS) is 21.0. The maximum absolute atomic E-state index is 13.0. The number of aromatic nitrogens is 2. The van der Waals surface area contributed by atoms with Gasteiger partial charge in [0.1, 0.15) is 6.10 Å². The predicted octanol–water partition coefficient (Wildman–Crippen LogP) is 2.20. The molecular formula is C18H21N3O3S. The van der Waals surface area contributed by atoms with Gasteiger partial charge in [0.05, 0.1) is 11.4 Å². The van der Waals surface area contributed by atoms with Crippen LogP contribution in [0.2, 0.25) is 0 Å². The van der Waals surface area contributed by atoms with Crippen molar-refractivity contribution in [3.05, 3.63) is 47.7 Å². The number of sulfonamides is 1. The van der Waals surface area contributed by atoms with Gasteiger partial charge in [0.15, 0.2) is 0 Å². The lowest BCUT2D eigenvalue weighted by Crippen LogP contribution is -2.31. The molecule has 2 heterocycles. The molecule has 0 spiro atoms. The Morgan fingerprint density at radius 1 is 1.12 bits per heavy atom. The molecule has 1 atom stereocenters. The van der Waals surface area contributed by atoms with Crippen molar-refractivity contribution in [2.45, 2.75) is 43.1 Å². The zero-order valence-corrected chi connectivity index (χ0v) is 14.8. The van der Waals surface area contributed by atoms with Gasteiger partial charge in [0.2, 0.25) is 15.9 Å². The van der Waals surface area contributed by atoms with Crippen molar-refractivity contribution >= 4 is 10.0 Å². The van der Waals surface area contributed by atoms with Gasteiger partial charge < -0.3 is 4.74 Å². The Hall–Kier alpha value is -1.99. The van der Waals surface area contributed by atoms with E-state index in [1.807, 2.05) is 12.1 Å². The monoisotopic (exact) mass is 359 g/mol. The smallest absolute Gasteiger partial charge is 0.243 e. The Labute approximate surface area is 147 Å². The highest BCUT2D eigenvalue weighted by Gasteiger charge is 2.34. The third kappa shape index (κ3) is 3.39. The first-order valence-corrected chi connectivity index (χ1v) is 10.1. The van der Waals surface area contributed by atoms with Gasteiger partial charge in [-0.25, -0.2) is 8.42 Å². The van der Waals surface area contributed by atoms with E-state index in [1.54, 1.807) is 24.4 Å². The second kappa shape index (κ2) is 6.72. The average molecular weight is 359 g/mol. The second-order valence-corrected chi connectivity index (χ2v) is 8.53. The summed E-state index contributed by atoms with van der Waals surface area (Å²) < 4.78 is 33.2. The molecule has 1 fully saturated rings. The molecular weight excluding hydrogens is 338 g/mol. The zero-order valence-electron chi connectivity index (χ0n) is 14.0. The van der Waals surface area contributed by atoms with Crippen LogP contribution in [-0.2, 0) is 22.9 Å². The molecule has 0 bridgehead atoms. The van der Waals surface area contributed by atoms with Crippen LogP contribution in [0.3, 0.4) is 0 Å². The van der Waals surface area contributed by atoms with Crippen molar-refractivity contribution in [1.82, 2.24) is 14.5 Å². The molecule has 1 aliphatic heterocycles. The summed E-state index contributed by atoms with van der Waals surface area (Å²) in [7, 11) is -3.48. The van der Waals surface area contributed by atoms with Crippen molar-refractivity contribution in [2.24, 2.45) is 0 Å². The minimum atomic E-state index is -3.48. The van der Waals surface area contributed by atoms with Crippen molar-refractivity contribution in [3.63, 3.8) is 0 Å². The molecule has 1 aromatic carbocycles. The van der Waals surface area contributed by atoms with Crippen LogP contribution in [0.15, 0.2) is 41.4 Å². The summed E-state index contributed by atoms with van der Waals surface area (Å²) >= 11 is 0. The summed E-state index contributed by atoms with van der Waals surface area (Å²) in [4.78, 5) is 0.397. The van der Waals surface area contributed by atoms with E-state index in [1.165, 1.54) is 21.9 Å². The Balaban J connectivity index is 1.49. The molecule has 2 aromatic rings. The van der Waals surface area contributed by atoms with Gasteiger partial charge in [-0.15, -0.1) is 5.10 Å². The van der Waals surface area contributed by atoms with Gasteiger partial charge in [-0.1, -0.05) is 6.07 Å². The first-order chi connectivity index (χ1) is 12.1. The number of hydrogen-bond donors (Lipinski definition) is 0. The van der Waals surface area contributed by atoms with E-state index >= 15 is 0 Å². The van der Waals surface area contributed by atoms with Gasteiger partial charge in [-0.3, -0.25) is 0 Å². The van der Waals surface area contributed by atoms with Crippen molar-refractivity contribution in [1.29, 1.82) is 0 Å². The number of fused-ring (bicyclic) bond motifs is 1. The quantitative estimate of drug-likeness (QED) is 0.837. The number of rotatable bonds is 4. The first kappa shape index (κ1) is 16.5. The highest BCUT2D eigenvalue weighted by Crippen LogP contribution is 2.28. The van der Waals surface area contributed by atoms with Crippen LogP contribution in [0.4, 0.5) is 0 Å². The van der Waals surface area contributed by atoms with Crippen LogP contribution < -0.4 is 4.74 Å². The summed E-state index contributed by atoms with van der Waals surface area (Å²) in [5.41, 5.74) is 2.47. The van der Waals surface area contributed by atoms with Crippen molar-refractivity contribution in [2.75, 3.05) is 13.1 Å². The van der Waals surface area contributed by atoms with Crippen LogP contribution in [0.1, 0.15) is 30.4 Å². The number of ether oxygens (including phenoxy) is 1. The molecule has 6 nitrogen and oxygen atoms in total. The number of nitrogens with zero attached hydrogens (tertiary/aromatic N) is 3. The number of benzene rings is 1. The predicted molar refractivity (Wildman–Crippen MR) is 92.9 cm³/mol. The Morgan fingerprint density at radius 3 is 2.76 bits per heavy atom. The van der Waals surface area contributed by atoms with Crippen LogP contribution in [0, 0.1) is 0 Å². The van der Waals surface area contributed by atoms with E-state index in [-0.39, 0.29) is 6.10 Å². The summed E-state index contributed by atoms with van der Waals surface area (Å²) in [6.07, 6.45) is 6.38. The lowest BCUT2D eigenvalue weighted by Gasteiger charge is -2.20. The molecule has 1 aromatic heterocycles. The maximum Gasteiger partial charge on any atom is 0.243 e. The molecule has 4 rings (SSSR count).